The fourth-order valence-corrected chi connectivity index (χ4v) is 4.13. The first-order valence-corrected chi connectivity index (χ1v) is 8.37. The Hall–Kier alpha value is -1.60. The average molecular weight is 311 g/mol. The molecule has 1 heterocycles. The number of nitrogens with two attached hydrogens (primary N) is 1. The van der Waals surface area contributed by atoms with Gasteiger partial charge in [-0.25, -0.2) is 8.42 Å². The Labute approximate surface area is 125 Å². The van der Waals surface area contributed by atoms with Crippen LogP contribution in [0.4, 0.5) is 5.69 Å². The maximum atomic E-state index is 12.7. The van der Waals surface area contributed by atoms with E-state index in [9.17, 15) is 13.2 Å². The second-order valence-electron chi connectivity index (χ2n) is 5.34. The number of nitrogen functional groups attached to an aromatic ring is 1. The van der Waals surface area contributed by atoms with Crippen molar-refractivity contribution >= 4 is 21.6 Å². The highest BCUT2D eigenvalue weighted by molar-refractivity contribution is 7.89. The molecule has 1 aromatic rings. The molecule has 0 radical (unpaired) electrons. The molecule has 116 valence electrons. The van der Waals surface area contributed by atoms with E-state index in [1.807, 2.05) is 6.92 Å². The Bertz CT molecular complexity index is 623. The Balaban J connectivity index is 2.25. The summed E-state index contributed by atoms with van der Waals surface area (Å²) in [5.41, 5.74) is 6.99. The molecule has 21 heavy (non-hydrogen) atoms. The lowest BCUT2D eigenvalue weighted by Crippen LogP contribution is -2.36. The largest absolute Gasteiger partial charge is 0.399 e. The van der Waals surface area contributed by atoms with Gasteiger partial charge in [0.25, 0.3) is 0 Å². The van der Waals surface area contributed by atoms with Crippen molar-refractivity contribution in [3.8, 4) is 0 Å². The molecule has 7 heteroatoms. The number of aryl methyl sites for hydroxylation is 1. The summed E-state index contributed by atoms with van der Waals surface area (Å²) < 4.78 is 26.8. The van der Waals surface area contributed by atoms with E-state index < -0.39 is 10.0 Å². The maximum Gasteiger partial charge on any atom is 0.243 e. The van der Waals surface area contributed by atoms with Gasteiger partial charge in [-0.15, -0.1) is 0 Å². The van der Waals surface area contributed by atoms with Crippen molar-refractivity contribution in [2.45, 2.75) is 25.2 Å². The van der Waals surface area contributed by atoms with Gasteiger partial charge in [0.15, 0.2) is 0 Å². The molecule has 0 atom stereocenters. The Kier molecular flexibility index (Phi) is 4.53. The monoisotopic (exact) mass is 311 g/mol. The quantitative estimate of drug-likeness (QED) is 0.820. The summed E-state index contributed by atoms with van der Waals surface area (Å²) in [5, 5.41) is 0. The van der Waals surface area contributed by atoms with Crippen molar-refractivity contribution in [1.82, 2.24) is 9.21 Å². The van der Waals surface area contributed by atoms with Crippen LogP contribution in [0.5, 0.6) is 0 Å². The summed E-state index contributed by atoms with van der Waals surface area (Å²) in [5.74, 6) is -0.0194. The summed E-state index contributed by atoms with van der Waals surface area (Å²) in [6.45, 7) is 5.07. The molecule has 2 N–H and O–H groups in total. The summed E-state index contributed by atoms with van der Waals surface area (Å²) in [6.07, 6.45) is 0.639. The van der Waals surface area contributed by atoms with Gasteiger partial charge in [0.2, 0.25) is 15.9 Å². The normalized spacial score (nSPS) is 17.5. The van der Waals surface area contributed by atoms with Crippen LogP contribution in [-0.2, 0) is 14.8 Å². The summed E-state index contributed by atoms with van der Waals surface area (Å²) in [7, 11) is -3.56. The Morgan fingerprint density at radius 3 is 2.48 bits per heavy atom. The predicted octanol–water partition coefficient (Wildman–Crippen LogP) is 0.820. The van der Waals surface area contributed by atoms with E-state index in [-0.39, 0.29) is 10.8 Å². The first kappa shape index (κ1) is 15.8. The number of benzene rings is 1. The zero-order chi connectivity index (χ0) is 15.6. The fraction of sp³-hybridized carbons (Fsp3) is 0.500. The van der Waals surface area contributed by atoms with Gasteiger partial charge in [-0.2, -0.15) is 4.31 Å². The van der Waals surface area contributed by atoms with Crippen LogP contribution >= 0.6 is 0 Å². The van der Waals surface area contributed by atoms with E-state index in [0.29, 0.717) is 38.3 Å². The summed E-state index contributed by atoms with van der Waals surface area (Å²) in [4.78, 5) is 13.3. The van der Waals surface area contributed by atoms with E-state index in [0.717, 1.165) is 5.56 Å². The lowest BCUT2D eigenvalue weighted by atomic mass is 10.2. The smallest absolute Gasteiger partial charge is 0.243 e. The van der Waals surface area contributed by atoms with Gasteiger partial charge in [-0.3, -0.25) is 4.79 Å². The number of carbonyl (C=O) groups excluding carboxylic acids is 1. The number of amides is 1. The van der Waals surface area contributed by atoms with Crippen LogP contribution in [0.15, 0.2) is 23.1 Å². The Morgan fingerprint density at radius 2 is 1.86 bits per heavy atom. The van der Waals surface area contributed by atoms with Crippen LogP contribution in [0.25, 0.3) is 0 Å². The van der Waals surface area contributed by atoms with Crippen molar-refractivity contribution in [2.24, 2.45) is 0 Å². The molecule has 1 aliphatic heterocycles. The molecule has 0 bridgehead atoms. The third-order valence-electron chi connectivity index (χ3n) is 3.61. The second-order valence-corrected chi connectivity index (χ2v) is 7.28. The third-order valence-corrected chi connectivity index (χ3v) is 5.49. The maximum absolute atomic E-state index is 12.7. The standard InChI is InChI=1S/C14H21N3O3S/c1-11-8-13(15)10-14(9-11)21(19,20)17-5-3-4-16(6-7-17)12(2)18/h8-10H,3-7,15H2,1-2H3. The lowest BCUT2D eigenvalue weighted by molar-refractivity contribution is -0.128. The SMILES string of the molecule is CC(=O)N1CCCN(S(=O)(=O)c2cc(C)cc(N)c2)CC1. The average Bonchev–Trinajstić information content (AvgIpc) is 2.63. The molecule has 0 aliphatic carbocycles. The number of anilines is 1. The highest BCUT2D eigenvalue weighted by atomic mass is 32.2. The molecule has 0 aromatic heterocycles. The molecular formula is C14H21N3O3S. The molecule has 1 amide bonds. The number of hydrogen-bond donors (Lipinski definition) is 1. The van der Waals surface area contributed by atoms with Crippen LogP contribution in [0.1, 0.15) is 18.9 Å². The molecule has 1 aliphatic rings. The Morgan fingerprint density at radius 1 is 1.14 bits per heavy atom. The molecule has 6 nitrogen and oxygen atoms in total. The van der Waals surface area contributed by atoms with E-state index >= 15 is 0 Å². The topological polar surface area (TPSA) is 83.7 Å². The van der Waals surface area contributed by atoms with E-state index in [4.69, 9.17) is 5.73 Å². The number of carbonyl (C=O) groups is 1. The van der Waals surface area contributed by atoms with Gasteiger partial charge in [0.05, 0.1) is 4.90 Å². The highest BCUT2D eigenvalue weighted by Gasteiger charge is 2.27. The van der Waals surface area contributed by atoms with Gasteiger partial charge >= 0.3 is 0 Å². The number of sulfonamides is 1. The van der Waals surface area contributed by atoms with Gasteiger partial charge in [0, 0.05) is 38.8 Å². The van der Waals surface area contributed by atoms with E-state index in [1.54, 1.807) is 17.0 Å². The van der Waals surface area contributed by atoms with Gasteiger partial charge in [-0.1, -0.05) is 0 Å². The van der Waals surface area contributed by atoms with Crippen LogP contribution in [0.3, 0.4) is 0 Å². The van der Waals surface area contributed by atoms with Crippen molar-refractivity contribution in [3.05, 3.63) is 23.8 Å². The molecule has 0 unspecified atom stereocenters. The predicted molar refractivity (Wildman–Crippen MR) is 81.2 cm³/mol. The highest BCUT2D eigenvalue weighted by Crippen LogP contribution is 2.21. The minimum absolute atomic E-state index is 0.0194. The van der Waals surface area contributed by atoms with Crippen molar-refractivity contribution in [2.75, 3.05) is 31.9 Å². The zero-order valence-electron chi connectivity index (χ0n) is 12.4. The molecule has 1 saturated heterocycles. The minimum Gasteiger partial charge on any atom is -0.399 e. The second kappa shape index (κ2) is 6.03. The van der Waals surface area contributed by atoms with Crippen LogP contribution in [0.2, 0.25) is 0 Å². The van der Waals surface area contributed by atoms with Crippen LogP contribution in [0, 0.1) is 6.92 Å². The third kappa shape index (κ3) is 3.54. The van der Waals surface area contributed by atoms with Gasteiger partial charge < -0.3 is 10.6 Å². The number of rotatable bonds is 2. The molecule has 2 rings (SSSR count). The lowest BCUT2D eigenvalue weighted by Gasteiger charge is -2.21. The first-order valence-electron chi connectivity index (χ1n) is 6.93. The van der Waals surface area contributed by atoms with E-state index in [2.05, 4.69) is 0 Å². The first-order chi connectivity index (χ1) is 9.80. The molecule has 1 fully saturated rings. The zero-order valence-corrected chi connectivity index (χ0v) is 13.2. The molecule has 0 spiro atoms. The van der Waals surface area contributed by atoms with Gasteiger partial charge in [-0.05, 0) is 37.1 Å². The van der Waals surface area contributed by atoms with Crippen molar-refractivity contribution < 1.29 is 13.2 Å². The summed E-state index contributed by atoms with van der Waals surface area (Å²) in [6, 6.07) is 4.84. The number of nitrogens with zero attached hydrogens (tertiary/aromatic N) is 2. The van der Waals surface area contributed by atoms with E-state index in [1.165, 1.54) is 17.3 Å². The van der Waals surface area contributed by atoms with Crippen molar-refractivity contribution in [3.63, 3.8) is 0 Å². The van der Waals surface area contributed by atoms with Crippen LogP contribution in [-0.4, -0.2) is 49.7 Å². The molecule has 1 aromatic carbocycles. The molecule has 0 saturated carbocycles. The van der Waals surface area contributed by atoms with Gasteiger partial charge in [0.1, 0.15) is 0 Å². The minimum atomic E-state index is -3.56. The molecular weight excluding hydrogens is 290 g/mol. The fourth-order valence-electron chi connectivity index (χ4n) is 2.52. The van der Waals surface area contributed by atoms with Crippen LogP contribution < -0.4 is 5.73 Å². The summed E-state index contributed by atoms with van der Waals surface area (Å²) >= 11 is 0. The number of hydrogen-bond acceptors (Lipinski definition) is 4. The van der Waals surface area contributed by atoms with Crippen molar-refractivity contribution in [1.29, 1.82) is 0 Å².